The SMILES string of the molecule is CCCCCCCCCCCCCCCCCCCCC(=O)NC(COC1OC(CO)C(OC2OC(CO)C(OC3OC(CO)C(O)C(O)C3O)C(O)C2O)C(O)C1O)C(O)CCCCCCCCCCCCCC. The van der Waals surface area contributed by atoms with Crippen LogP contribution in [0.15, 0.2) is 0 Å². The molecule has 1 amide bonds. The quantitative estimate of drug-likeness (QED) is 0.0364. The maximum Gasteiger partial charge on any atom is 0.220 e. The Labute approximate surface area is 449 Å². The molecule has 0 aromatic carbocycles. The van der Waals surface area contributed by atoms with E-state index >= 15 is 0 Å². The van der Waals surface area contributed by atoms with Crippen molar-refractivity contribution < 1.29 is 89.4 Å². The van der Waals surface area contributed by atoms with Gasteiger partial charge in [0.25, 0.3) is 0 Å². The molecule has 17 unspecified atom stereocenters. The number of carbonyl (C=O) groups excluding carboxylic acids is 1. The van der Waals surface area contributed by atoms with E-state index in [4.69, 9.17) is 28.4 Å². The van der Waals surface area contributed by atoms with Crippen LogP contribution in [-0.4, -0.2) is 193 Å². The molecule has 19 heteroatoms. The molecule has 3 aliphatic heterocycles. The zero-order valence-electron chi connectivity index (χ0n) is 46.0. The molecule has 0 aromatic heterocycles. The predicted octanol–water partition coefficient (Wildman–Crippen LogP) is 4.82. The lowest BCUT2D eigenvalue weighted by Gasteiger charge is -2.48. The zero-order chi connectivity index (χ0) is 54.8. The van der Waals surface area contributed by atoms with Crippen LogP contribution in [0.4, 0.5) is 0 Å². The lowest BCUT2D eigenvalue weighted by atomic mass is 9.96. The van der Waals surface area contributed by atoms with E-state index in [0.717, 1.165) is 44.9 Å². The molecule has 19 nitrogen and oxygen atoms in total. The van der Waals surface area contributed by atoms with Gasteiger partial charge in [0, 0.05) is 6.42 Å². The van der Waals surface area contributed by atoms with Gasteiger partial charge in [0.1, 0.15) is 73.2 Å². The molecule has 0 spiro atoms. The van der Waals surface area contributed by atoms with Crippen molar-refractivity contribution in [2.24, 2.45) is 0 Å². The monoisotopic (exact) mass is 1080 g/mol. The summed E-state index contributed by atoms with van der Waals surface area (Å²) in [6.07, 6.45) is 10.5. The van der Waals surface area contributed by atoms with E-state index in [1.54, 1.807) is 0 Å². The number of nitrogens with one attached hydrogen (secondary N) is 1. The Bertz CT molecular complexity index is 1390. The van der Waals surface area contributed by atoms with Crippen LogP contribution in [0, 0.1) is 0 Å². The molecule has 3 rings (SSSR count). The fourth-order valence-corrected chi connectivity index (χ4v) is 10.5. The lowest BCUT2D eigenvalue weighted by Crippen LogP contribution is -2.66. The van der Waals surface area contributed by atoms with E-state index in [1.807, 2.05) is 0 Å². The molecule has 444 valence electrons. The summed E-state index contributed by atoms with van der Waals surface area (Å²) in [5.41, 5.74) is 0. The summed E-state index contributed by atoms with van der Waals surface area (Å²) in [6, 6.07) is -0.879. The van der Waals surface area contributed by atoms with E-state index in [2.05, 4.69) is 19.2 Å². The molecule has 17 atom stereocenters. The summed E-state index contributed by atoms with van der Waals surface area (Å²) < 4.78 is 34.3. The Kier molecular flexibility index (Phi) is 37.1. The van der Waals surface area contributed by atoms with Gasteiger partial charge in [-0.25, -0.2) is 0 Å². The molecule has 0 bridgehead atoms. The lowest BCUT2D eigenvalue weighted by molar-refractivity contribution is -0.379. The van der Waals surface area contributed by atoms with Crippen LogP contribution in [0.1, 0.15) is 219 Å². The topological polar surface area (TPSA) is 307 Å². The number of aliphatic hydroxyl groups is 11. The molecular formula is C56H107NO18. The number of rotatable bonds is 44. The summed E-state index contributed by atoms with van der Waals surface area (Å²) in [5.74, 6) is -0.240. The molecule has 0 aliphatic carbocycles. The van der Waals surface area contributed by atoms with Crippen LogP contribution in [0.5, 0.6) is 0 Å². The average Bonchev–Trinajstić information content (AvgIpc) is 3.41. The van der Waals surface area contributed by atoms with Crippen molar-refractivity contribution in [2.45, 2.75) is 324 Å². The van der Waals surface area contributed by atoms with E-state index in [0.29, 0.717) is 12.8 Å². The van der Waals surface area contributed by atoms with Gasteiger partial charge in [-0.2, -0.15) is 0 Å². The van der Waals surface area contributed by atoms with Gasteiger partial charge in [-0.1, -0.05) is 200 Å². The number of hydrogen-bond acceptors (Lipinski definition) is 18. The van der Waals surface area contributed by atoms with Crippen LogP contribution < -0.4 is 5.32 Å². The third-order valence-electron chi connectivity index (χ3n) is 15.4. The Morgan fingerprint density at radius 1 is 0.427 bits per heavy atom. The van der Waals surface area contributed by atoms with Crippen molar-refractivity contribution in [3.05, 3.63) is 0 Å². The van der Waals surface area contributed by atoms with Crippen LogP contribution in [0.2, 0.25) is 0 Å². The molecule has 3 heterocycles. The van der Waals surface area contributed by atoms with E-state index < -0.39 is 124 Å². The second-order valence-corrected chi connectivity index (χ2v) is 21.8. The summed E-state index contributed by atoms with van der Waals surface area (Å²) in [5, 5.41) is 120. The number of aliphatic hydroxyl groups excluding tert-OH is 11. The third-order valence-corrected chi connectivity index (χ3v) is 15.4. The first-order chi connectivity index (χ1) is 36.3. The van der Waals surface area contributed by atoms with Gasteiger partial charge in [-0.15, -0.1) is 0 Å². The van der Waals surface area contributed by atoms with E-state index in [9.17, 15) is 61.0 Å². The van der Waals surface area contributed by atoms with Crippen LogP contribution in [0.3, 0.4) is 0 Å². The van der Waals surface area contributed by atoms with Gasteiger partial charge in [-0.05, 0) is 12.8 Å². The number of hydrogen-bond donors (Lipinski definition) is 12. The summed E-state index contributed by atoms with van der Waals surface area (Å²) in [4.78, 5) is 13.3. The molecule has 3 fully saturated rings. The van der Waals surface area contributed by atoms with Gasteiger partial charge >= 0.3 is 0 Å². The molecule has 0 aromatic rings. The predicted molar refractivity (Wildman–Crippen MR) is 282 cm³/mol. The highest BCUT2D eigenvalue weighted by molar-refractivity contribution is 5.76. The fourth-order valence-electron chi connectivity index (χ4n) is 10.5. The Morgan fingerprint density at radius 3 is 1.16 bits per heavy atom. The molecule has 0 saturated carbocycles. The van der Waals surface area contributed by atoms with Crippen LogP contribution in [0.25, 0.3) is 0 Å². The van der Waals surface area contributed by atoms with Gasteiger partial charge < -0.3 is 89.9 Å². The van der Waals surface area contributed by atoms with Crippen LogP contribution in [-0.2, 0) is 33.2 Å². The number of amides is 1. The minimum Gasteiger partial charge on any atom is -0.394 e. The largest absolute Gasteiger partial charge is 0.394 e. The van der Waals surface area contributed by atoms with Gasteiger partial charge in [0.05, 0.1) is 38.6 Å². The first-order valence-electron chi connectivity index (χ1n) is 29.8. The van der Waals surface area contributed by atoms with Crippen molar-refractivity contribution in [1.29, 1.82) is 0 Å². The van der Waals surface area contributed by atoms with Gasteiger partial charge in [0.15, 0.2) is 18.9 Å². The highest BCUT2D eigenvalue weighted by atomic mass is 16.8. The molecule has 75 heavy (non-hydrogen) atoms. The highest BCUT2D eigenvalue weighted by Crippen LogP contribution is 2.33. The van der Waals surface area contributed by atoms with Crippen molar-refractivity contribution in [3.8, 4) is 0 Å². The van der Waals surface area contributed by atoms with Crippen molar-refractivity contribution in [3.63, 3.8) is 0 Å². The minimum atomic E-state index is -1.97. The van der Waals surface area contributed by atoms with E-state index in [1.165, 1.54) is 141 Å². The average molecular weight is 1080 g/mol. The Balaban J connectivity index is 1.49. The number of unbranched alkanes of at least 4 members (excludes halogenated alkanes) is 28. The third kappa shape index (κ3) is 25.4. The smallest absolute Gasteiger partial charge is 0.220 e. The molecular weight excluding hydrogens is 975 g/mol. The van der Waals surface area contributed by atoms with Gasteiger partial charge in [0.2, 0.25) is 5.91 Å². The second kappa shape index (κ2) is 40.9. The summed E-state index contributed by atoms with van der Waals surface area (Å²) in [6.45, 7) is 1.79. The Morgan fingerprint density at radius 2 is 0.760 bits per heavy atom. The second-order valence-electron chi connectivity index (χ2n) is 21.8. The minimum absolute atomic E-state index is 0.240. The summed E-state index contributed by atoms with van der Waals surface area (Å²) in [7, 11) is 0. The van der Waals surface area contributed by atoms with Crippen molar-refractivity contribution >= 4 is 5.91 Å². The zero-order valence-corrected chi connectivity index (χ0v) is 46.0. The first-order valence-corrected chi connectivity index (χ1v) is 29.8. The van der Waals surface area contributed by atoms with Crippen molar-refractivity contribution in [1.82, 2.24) is 5.32 Å². The standard InChI is InChI=1S/C56H107NO18/c1-3-5-7-9-11-13-15-17-18-19-20-21-22-24-26-28-30-32-34-44(62)57-39(40(61)33-31-29-27-25-23-16-14-12-10-8-6-4-2)38-70-54-50(68)47(65)52(42(36-59)72-54)75-56-51(69)48(66)53(43(37-60)73-56)74-55-49(67)46(64)45(63)41(35-58)71-55/h39-43,45-56,58-61,63-69H,3-38H2,1-2H3,(H,57,62). The van der Waals surface area contributed by atoms with E-state index in [-0.39, 0.29) is 18.9 Å². The Hall–Kier alpha value is -1.21. The molecule has 3 aliphatic rings. The maximum absolute atomic E-state index is 13.3. The first kappa shape index (κ1) is 68.1. The highest BCUT2D eigenvalue weighted by Gasteiger charge is 2.53. The van der Waals surface area contributed by atoms with Crippen molar-refractivity contribution in [2.75, 3.05) is 26.4 Å². The van der Waals surface area contributed by atoms with Gasteiger partial charge in [-0.3, -0.25) is 4.79 Å². The number of ether oxygens (including phenoxy) is 6. The number of carbonyl (C=O) groups is 1. The molecule has 3 saturated heterocycles. The molecule has 12 N–H and O–H groups in total. The molecule has 0 radical (unpaired) electrons. The van der Waals surface area contributed by atoms with Crippen LogP contribution >= 0.6 is 0 Å². The maximum atomic E-state index is 13.3. The summed E-state index contributed by atoms with van der Waals surface area (Å²) >= 11 is 0. The normalized spacial score (nSPS) is 31.1. The fraction of sp³-hybridized carbons (Fsp3) is 0.982.